The normalized spacial score (nSPS) is 23.0. The van der Waals surface area contributed by atoms with E-state index in [0.717, 1.165) is 15.9 Å². The first-order valence-corrected chi connectivity index (χ1v) is 8.73. The van der Waals surface area contributed by atoms with Crippen LogP contribution < -0.4 is 10.1 Å². The van der Waals surface area contributed by atoms with E-state index in [2.05, 4.69) is 55.0 Å². The number of hydrogen-bond donors (Lipinski definition) is 1. The van der Waals surface area contributed by atoms with Crippen molar-refractivity contribution < 1.29 is 4.74 Å². The van der Waals surface area contributed by atoms with Gasteiger partial charge in [-0.3, -0.25) is 0 Å². The molecule has 0 bridgehead atoms. The highest BCUT2D eigenvalue weighted by Gasteiger charge is 2.34. The number of methoxy groups -OCH3 is 1. The summed E-state index contributed by atoms with van der Waals surface area (Å²) in [5.41, 5.74) is 2.73. The molecule has 0 heterocycles. The third-order valence-electron chi connectivity index (χ3n) is 4.69. The molecule has 2 rings (SSSR count). The van der Waals surface area contributed by atoms with Gasteiger partial charge in [-0.25, -0.2) is 0 Å². The third kappa shape index (κ3) is 3.94. The summed E-state index contributed by atoms with van der Waals surface area (Å²) in [7, 11) is 1.74. The molecule has 21 heavy (non-hydrogen) atoms. The largest absolute Gasteiger partial charge is 0.495 e. The number of hydrogen-bond acceptors (Lipinski definition) is 2. The average Bonchev–Trinajstić information content (AvgIpc) is 2.41. The minimum Gasteiger partial charge on any atom is -0.495 e. The molecule has 2 atom stereocenters. The predicted octanol–water partition coefficient (Wildman–Crippen LogP) is 5.78. The molecule has 0 spiro atoms. The lowest BCUT2D eigenvalue weighted by Gasteiger charge is -2.41. The molecule has 2 nitrogen and oxygen atoms in total. The molecule has 1 aliphatic carbocycles. The molecule has 1 aromatic carbocycles. The first kappa shape index (κ1) is 16.7. The molecule has 1 aromatic rings. The second kappa shape index (κ2) is 6.60. The highest BCUT2D eigenvalue weighted by molar-refractivity contribution is 9.10. The molecule has 0 amide bonds. The summed E-state index contributed by atoms with van der Waals surface area (Å²) >= 11 is 3.55. The van der Waals surface area contributed by atoms with E-state index in [0.29, 0.717) is 17.4 Å². The second-order valence-corrected chi connectivity index (χ2v) is 8.22. The molecule has 0 aliphatic heterocycles. The first-order chi connectivity index (χ1) is 9.82. The fraction of sp³-hybridized carbons (Fsp3) is 0.667. The van der Waals surface area contributed by atoms with Crippen molar-refractivity contribution in [3.63, 3.8) is 0 Å². The maximum absolute atomic E-state index is 5.58. The Balaban J connectivity index is 2.27. The molecular weight excluding hydrogens is 326 g/mol. The highest BCUT2D eigenvalue weighted by atomic mass is 79.9. The number of anilines is 1. The van der Waals surface area contributed by atoms with E-state index in [4.69, 9.17) is 4.74 Å². The lowest BCUT2D eigenvalue weighted by Crippen LogP contribution is -2.40. The Labute approximate surface area is 137 Å². The molecule has 1 N–H and O–H groups in total. The average molecular weight is 354 g/mol. The van der Waals surface area contributed by atoms with E-state index in [1.807, 2.05) is 6.07 Å². The monoisotopic (exact) mass is 353 g/mol. The van der Waals surface area contributed by atoms with Crippen LogP contribution in [0.5, 0.6) is 5.75 Å². The summed E-state index contributed by atoms with van der Waals surface area (Å²) in [4.78, 5) is 0. The zero-order valence-electron chi connectivity index (χ0n) is 13.9. The van der Waals surface area contributed by atoms with Gasteiger partial charge in [0.15, 0.2) is 0 Å². The van der Waals surface area contributed by atoms with Gasteiger partial charge < -0.3 is 10.1 Å². The molecule has 0 aromatic heterocycles. The molecule has 0 radical (unpaired) electrons. The molecular formula is C18H28BrNO. The van der Waals surface area contributed by atoms with Crippen LogP contribution in [0.4, 0.5) is 5.69 Å². The van der Waals surface area contributed by atoms with E-state index < -0.39 is 0 Å². The lowest BCUT2D eigenvalue weighted by molar-refractivity contribution is 0.162. The van der Waals surface area contributed by atoms with Gasteiger partial charge in [0.2, 0.25) is 0 Å². The Hall–Kier alpha value is -0.700. The summed E-state index contributed by atoms with van der Waals surface area (Å²) in [5, 5.41) is 3.81. The first-order valence-electron chi connectivity index (χ1n) is 7.93. The van der Waals surface area contributed by atoms with Crippen molar-refractivity contribution in [2.75, 3.05) is 12.4 Å². The Morgan fingerprint density at radius 3 is 2.48 bits per heavy atom. The van der Waals surface area contributed by atoms with Crippen LogP contribution in [0.15, 0.2) is 16.6 Å². The van der Waals surface area contributed by atoms with Crippen molar-refractivity contribution in [1.82, 2.24) is 0 Å². The zero-order chi connectivity index (χ0) is 15.6. The lowest BCUT2D eigenvalue weighted by atomic mass is 9.69. The van der Waals surface area contributed by atoms with Crippen molar-refractivity contribution >= 4 is 21.6 Å². The fourth-order valence-corrected chi connectivity index (χ4v) is 4.14. The van der Waals surface area contributed by atoms with Gasteiger partial charge >= 0.3 is 0 Å². The summed E-state index contributed by atoms with van der Waals surface area (Å²) in [6.45, 7) is 9.24. The van der Waals surface area contributed by atoms with Crippen molar-refractivity contribution in [3.05, 3.63) is 22.2 Å². The van der Waals surface area contributed by atoms with Crippen LogP contribution in [-0.2, 0) is 0 Å². The smallest absolute Gasteiger partial charge is 0.143 e. The van der Waals surface area contributed by atoms with E-state index in [9.17, 15) is 0 Å². The summed E-state index contributed by atoms with van der Waals surface area (Å²) in [6.07, 6.45) is 5.25. The third-order valence-corrected chi connectivity index (χ3v) is 5.15. The predicted molar refractivity (Wildman–Crippen MR) is 94.3 cm³/mol. The van der Waals surface area contributed by atoms with Gasteiger partial charge in [-0.2, -0.15) is 0 Å². The maximum atomic E-state index is 5.58. The molecule has 1 aliphatic rings. The van der Waals surface area contributed by atoms with Crippen LogP contribution >= 0.6 is 15.9 Å². The molecule has 118 valence electrons. The Morgan fingerprint density at radius 1 is 1.19 bits per heavy atom. The fourth-order valence-electron chi connectivity index (χ4n) is 3.58. The van der Waals surface area contributed by atoms with Gasteiger partial charge in [0.05, 0.1) is 12.8 Å². The molecule has 0 saturated heterocycles. The van der Waals surface area contributed by atoms with Crippen LogP contribution in [0, 0.1) is 18.3 Å². The molecule has 1 saturated carbocycles. The second-order valence-electron chi connectivity index (χ2n) is 7.31. The Bertz CT molecular complexity index is 493. The molecule has 2 unspecified atom stereocenters. The van der Waals surface area contributed by atoms with Crippen molar-refractivity contribution in [2.45, 2.75) is 59.4 Å². The minimum atomic E-state index is 0.342. The number of nitrogens with one attached hydrogen (secondary N) is 1. The van der Waals surface area contributed by atoms with Gasteiger partial charge in [0, 0.05) is 10.5 Å². The maximum Gasteiger partial charge on any atom is 0.143 e. The number of halogens is 1. The van der Waals surface area contributed by atoms with E-state index in [1.54, 1.807) is 7.11 Å². The van der Waals surface area contributed by atoms with Crippen LogP contribution in [0.3, 0.4) is 0 Å². The summed E-state index contributed by atoms with van der Waals surface area (Å²) < 4.78 is 6.64. The van der Waals surface area contributed by atoms with Crippen LogP contribution in [0.1, 0.15) is 52.0 Å². The van der Waals surface area contributed by atoms with Crippen molar-refractivity contribution in [1.29, 1.82) is 0 Å². The van der Waals surface area contributed by atoms with E-state index in [-0.39, 0.29) is 0 Å². The highest BCUT2D eigenvalue weighted by Crippen LogP contribution is 2.41. The van der Waals surface area contributed by atoms with Gasteiger partial charge in [-0.15, -0.1) is 0 Å². The van der Waals surface area contributed by atoms with Crippen LogP contribution in [0.2, 0.25) is 0 Å². The molecule has 1 fully saturated rings. The molecule has 3 heteroatoms. The number of rotatable bonds is 3. The van der Waals surface area contributed by atoms with Gasteiger partial charge in [0.1, 0.15) is 5.75 Å². The van der Waals surface area contributed by atoms with Gasteiger partial charge in [-0.05, 0) is 48.8 Å². The van der Waals surface area contributed by atoms with Crippen LogP contribution in [0.25, 0.3) is 0 Å². The minimum absolute atomic E-state index is 0.342. The topological polar surface area (TPSA) is 21.3 Å². The summed E-state index contributed by atoms with van der Waals surface area (Å²) in [6, 6.07) is 4.73. The van der Waals surface area contributed by atoms with E-state index >= 15 is 0 Å². The van der Waals surface area contributed by atoms with E-state index in [1.165, 1.54) is 31.2 Å². The number of aryl methyl sites for hydroxylation is 1. The zero-order valence-corrected chi connectivity index (χ0v) is 15.5. The van der Waals surface area contributed by atoms with Crippen LogP contribution in [-0.4, -0.2) is 13.2 Å². The number of ether oxygens (including phenoxy) is 1. The Kier molecular flexibility index (Phi) is 5.24. The Morgan fingerprint density at radius 2 is 1.86 bits per heavy atom. The van der Waals surface area contributed by atoms with Crippen molar-refractivity contribution in [2.24, 2.45) is 11.3 Å². The van der Waals surface area contributed by atoms with Gasteiger partial charge in [0.25, 0.3) is 0 Å². The standard InChI is InChI=1S/C18H28BrNO/c1-12-10-13(19)11-16(21-5)17(12)20-15-9-7-6-8-14(15)18(2,3)4/h10-11,14-15,20H,6-9H2,1-5H3. The SMILES string of the molecule is COc1cc(Br)cc(C)c1NC1CCCCC1C(C)(C)C. The summed E-state index contributed by atoms with van der Waals surface area (Å²) in [5.74, 6) is 1.64. The van der Waals surface area contributed by atoms with Gasteiger partial charge in [-0.1, -0.05) is 49.5 Å². The number of benzene rings is 1. The van der Waals surface area contributed by atoms with Crippen molar-refractivity contribution in [3.8, 4) is 5.75 Å². The quantitative estimate of drug-likeness (QED) is 0.743.